The van der Waals surface area contributed by atoms with E-state index >= 15 is 0 Å². The molecule has 1 aromatic heterocycles. The molecule has 0 unspecified atom stereocenters. The average Bonchev–Trinajstić information content (AvgIpc) is 2.77. The second-order valence-electron chi connectivity index (χ2n) is 7.18. The molecule has 2 heterocycles. The lowest BCUT2D eigenvalue weighted by atomic mass is 10.1. The summed E-state index contributed by atoms with van der Waals surface area (Å²) in [7, 11) is 0. The summed E-state index contributed by atoms with van der Waals surface area (Å²) in [6, 6.07) is 12.2. The number of aromatic nitrogens is 1. The van der Waals surface area contributed by atoms with Gasteiger partial charge in [-0.15, -0.1) is 0 Å². The number of esters is 1. The number of aryl methyl sites for hydroxylation is 2. The van der Waals surface area contributed by atoms with Crippen LogP contribution in [-0.4, -0.2) is 54.5 Å². The number of amides is 1. The standard InChI is InChI=1S/C22H28N4O3/c1-17(27)25-10-12-26(13-11-25)21-9-8-20(24-15-21)7-6-18-2-4-19(5-3-18)16-29-22(28)14-23/h2-5,8-9,15H,6-7,10-14,16,23H2,1H3. The van der Waals surface area contributed by atoms with Crippen LogP contribution in [-0.2, 0) is 33.8 Å². The lowest BCUT2D eigenvalue weighted by Gasteiger charge is -2.35. The van der Waals surface area contributed by atoms with E-state index in [9.17, 15) is 9.59 Å². The molecule has 2 N–H and O–H groups in total. The lowest BCUT2D eigenvalue weighted by Crippen LogP contribution is -2.48. The molecule has 0 radical (unpaired) electrons. The molecule has 29 heavy (non-hydrogen) atoms. The zero-order valence-corrected chi connectivity index (χ0v) is 16.8. The van der Waals surface area contributed by atoms with Gasteiger partial charge in [-0.1, -0.05) is 24.3 Å². The quantitative estimate of drug-likeness (QED) is 0.714. The maximum atomic E-state index is 11.4. The Morgan fingerprint density at radius 1 is 1.00 bits per heavy atom. The molecule has 0 saturated carbocycles. The minimum Gasteiger partial charge on any atom is -0.460 e. The number of pyridine rings is 1. The smallest absolute Gasteiger partial charge is 0.320 e. The second-order valence-corrected chi connectivity index (χ2v) is 7.18. The van der Waals surface area contributed by atoms with E-state index in [1.54, 1.807) is 6.92 Å². The van der Waals surface area contributed by atoms with E-state index in [0.29, 0.717) is 0 Å². The van der Waals surface area contributed by atoms with Crippen LogP contribution in [0, 0.1) is 0 Å². The van der Waals surface area contributed by atoms with Crippen molar-refractivity contribution >= 4 is 17.6 Å². The highest BCUT2D eigenvalue weighted by molar-refractivity contribution is 5.73. The van der Waals surface area contributed by atoms with Crippen molar-refractivity contribution in [3.8, 4) is 0 Å². The normalized spacial score (nSPS) is 14.0. The Morgan fingerprint density at radius 3 is 2.28 bits per heavy atom. The fourth-order valence-electron chi connectivity index (χ4n) is 3.33. The van der Waals surface area contributed by atoms with Crippen LogP contribution in [0.25, 0.3) is 0 Å². The predicted molar refractivity (Wildman–Crippen MR) is 111 cm³/mol. The summed E-state index contributed by atoms with van der Waals surface area (Å²) in [4.78, 5) is 31.3. The van der Waals surface area contributed by atoms with Gasteiger partial charge < -0.3 is 20.3 Å². The van der Waals surface area contributed by atoms with Gasteiger partial charge in [0.05, 0.1) is 18.4 Å². The van der Waals surface area contributed by atoms with E-state index in [1.807, 2.05) is 23.2 Å². The zero-order valence-electron chi connectivity index (χ0n) is 16.8. The van der Waals surface area contributed by atoms with Crippen LogP contribution in [0.3, 0.4) is 0 Å². The van der Waals surface area contributed by atoms with Crippen molar-refractivity contribution in [1.29, 1.82) is 0 Å². The van der Waals surface area contributed by atoms with E-state index < -0.39 is 5.97 Å². The Balaban J connectivity index is 1.46. The molecule has 1 aliphatic heterocycles. The van der Waals surface area contributed by atoms with Crippen molar-refractivity contribution in [3.05, 3.63) is 59.4 Å². The van der Waals surface area contributed by atoms with Gasteiger partial charge in [-0.3, -0.25) is 14.6 Å². The third-order valence-electron chi connectivity index (χ3n) is 5.16. The first-order valence-corrected chi connectivity index (χ1v) is 9.94. The number of carbonyl (C=O) groups excluding carboxylic acids is 2. The summed E-state index contributed by atoms with van der Waals surface area (Å²) in [5.41, 5.74) is 9.54. The van der Waals surface area contributed by atoms with Crippen molar-refractivity contribution < 1.29 is 14.3 Å². The molecule has 1 aliphatic rings. The Bertz CT molecular complexity index is 813. The van der Waals surface area contributed by atoms with Crippen LogP contribution in [0.5, 0.6) is 0 Å². The minimum absolute atomic E-state index is 0.0987. The Labute approximate surface area is 171 Å². The summed E-state index contributed by atoms with van der Waals surface area (Å²) in [6.07, 6.45) is 3.68. The fourth-order valence-corrected chi connectivity index (χ4v) is 3.33. The third kappa shape index (κ3) is 6.02. The van der Waals surface area contributed by atoms with Gasteiger partial charge in [0.1, 0.15) is 6.61 Å². The van der Waals surface area contributed by atoms with Crippen LogP contribution in [0.4, 0.5) is 5.69 Å². The summed E-state index contributed by atoms with van der Waals surface area (Å²) >= 11 is 0. The largest absolute Gasteiger partial charge is 0.460 e. The third-order valence-corrected chi connectivity index (χ3v) is 5.16. The van der Waals surface area contributed by atoms with E-state index in [2.05, 4.69) is 34.1 Å². The van der Waals surface area contributed by atoms with Crippen molar-refractivity contribution in [2.24, 2.45) is 5.73 Å². The van der Waals surface area contributed by atoms with Crippen molar-refractivity contribution in [3.63, 3.8) is 0 Å². The number of hydrogen-bond donors (Lipinski definition) is 1. The summed E-state index contributed by atoms with van der Waals surface area (Å²) in [6.45, 7) is 4.98. The molecule has 1 aromatic carbocycles. The number of nitrogens with two attached hydrogens (primary N) is 1. The van der Waals surface area contributed by atoms with E-state index in [1.165, 1.54) is 5.56 Å². The van der Waals surface area contributed by atoms with Crippen LogP contribution in [0.15, 0.2) is 42.6 Å². The first-order valence-electron chi connectivity index (χ1n) is 9.94. The number of anilines is 1. The molecule has 0 bridgehead atoms. The van der Waals surface area contributed by atoms with E-state index in [0.717, 1.165) is 56.0 Å². The number of rotatable bonds is 7. The lowest BCUT2D eigenvalue weighted by molar-refractivity contribution is -0.143. The number of nitrogens with zero attached hydrogens (tertiary/aromatic N) is 3. The van der Waals surface area contributed by atoms with Gasteiger partial charge in [0.15, 0.2) is 0 Å². The van der Waals surface area contributed by atoms with Gasteiger partial charge in [-0.05, 0) is 36.1 Å². The Hall–Kier alpha value is -2.93. The maximum absolute atomic E-state index is 11.4. The van der Waals surface area contributed by atoms with Gasteiger partial charge in [-0.25, -0.2) is 0 Å². The highest BCUT2D eigenvalue weighted by Gasteiger charge is 2.18. The van der Waals surface area contributed by atoms with Crippen molar-refractivity contribution in [2.75, 3.05) is 37.6 Å². The van der Waals surface area contributed by atoms with Crippen molar-refractivity contribution in [2.45, 2.75) is 26.4 Å². The SMILES string of the molecule is CC(=O)N1CCN(c2ccc(CCc3ccc(COC(=O)CN)cc3)nc2)CC1. The highest BCUT2D eigenvalue weighted by Crippen LogP contribution is 2.17. The molecule has 0 spiro atoms. The topological polar surface area (TPSA) is 88.8 Å². The Morgan fingerprint density at radius 2 is 1.69 bits per heavy atom. The second kappa shape index (κ2) is 10.0. The van der Waals surface area contributed by atoms with Crippen molar-refractivity contribution in [1.82, 2.24) is 9.88 Å². The van der Waals surface area contributed by atoms with Gasteiger partial charge in [0.25, 0.3) is 0 Å². The van der Waals surface area contributed by atoms with Crippen LogP contribution in [0.1, 0.15) is 23.7 Å². The van der Waals surface area contributed by atoms with Crippen LogP contribution < -0.4 is 10.6 Å². The van der Waals surface area contributed by atoms with E-state index in [4.69, 9.17) is 10.5 Å². The number of benzene rings is 1. The zero-order chi connectivity index (χ0) is 20.6. The number of hydrogen-bond acceptors (Lipinski definition) is 6. The summed E-state index contributed by atoms with van der Waals surface area (Å²) in [5.74, 6) is -0.257. The molecule has 1 fully saturated rings. The van der Waals surface area contributed by atoms with Gasteiger partial charge in [0.2, 0.25) is 5.91 Å². The summed E-state index contributed by atoms with van der Waals surface area (Å²) < 4.78 is 5.03. The molecule has 1 amide bonds. The van der Waals surface area contributed by atoms with Gasteiger partial charge >= 0.3 is 5.97 Å². The molecule has 2 aromatic rings. The molecular weight excluding hydrogens is 368 g/mol. The molecule has 1 saturated heterocycles. The van der Waals surface area contributed by atoms with E-state index in [-0.39, 0.29) is 19.1 Å². The average molecular weight is 396 g/mol. The summed E-state index contributed by atoms with van der Waals surface area (Å²) in [5, 5.41) is 0. The molecule has 7 nitrogen and oxygen atoms in total. The minimum atomic E-state index is -0.399. The predicted octanol–water partition coefficient (Wildman–Crippen LogP) is 1.54. The molecular formula is C22H28N4O3. The maximum Gasteiger partial charge on any atom is 0.320 e. The van der Waals surface area contributed by atoms with Crippen LogP contribution >= 0.6 is 0 Å². The highest BCUT2D eigenvalue weighted by atomic mass is 16.5. The first-order chi connectivity index (χ1) is 14.0. The molecule has 3 rings (SSSR count). The molecule has 7 heteroatoms. The van der Waals surface area contributed by atoms with Crippen LogP contribution in [0.2, 0.25) is 0 Å². The first kappa shape index (κ1) is 20.8. The molecule has 154 valence electrons. The molecule has 0 aliphatic carbocycles. The number of piperazine rings is 1. The van der Waals surface area contributed by atoms with Gasteiger partial charge in [-0.2, -0.15) is 0 Å². The van der Waals surface area contributed by atoms with Gasteiger partial charge in [0, 0.05) is 38.8 Å². The number of ether oxygens (including phenoxy) is 1. The molecule has 0 atom stereocenters. The monoisotopic (exact) mass is 396 g/mol. The Kier molecular flexibility index (Phi) is 7.19. The fraction of sp³-hybridized carbons (Fsp3) is 0.409. The number of carbonyl (C=O) groups is 2.